The fourth-order valence-corrected chi connectivity index (χ4v) is 2.91. The highest BCUT2D eigenvalue weighted by molar-refractivity contribution is 7.98. The number of benzene rings is 1. The van der Waals surface area contributed by atoms with E-state index in [1.807, 2.05) is 11.8 Å². The van der Waals surface area contributed by atoms with Crippen molar-refractivity contribution in [1.29, 1.82) is 0 Å². The third-order valence-corrected chi connectivity index (χ3v) is 4.05. The van der Waals surface area contributed by atoms with E-state index in [-0.39, 0.29) is 0 Å². The van der Waals surface area contributed by atoms with E-state index in [0.29, 0.717) is 6.04 Å². The molecule has 1 rings (SSSR count). The van der Waals surface area contributed by atoms with Crippen LogP contribution >= 0.6 is 11.8 Å². The van der Waals surface area contributed by atoms with Crippen LogP contribution < -0.4 is 5.73 Å². The Morgan fingerprint density at radius 2 is 1.82 bits per heavy atom. The molecule has 0 saturated carbocycles. The van der Waals surface area contributed by atoms with Gasteiger partial charge in [0.25, 0.3) is 0 Å². The van der Waals surface area contributed by atoms with Crippen molar-refractivity contribution >= 4 is 11.8 Å². The predicted molar refractivity (Wildman–Crippen MR) is 79.6 cm³/mol. The topological polar surface area (TPSA) is 26.0 Å². The lowest BCUT2D eigenvalue weighted by molar-refractivity contribution is 0.589. The van der Waals surface area contributed by atoms with E-state index in [9.17, 15) is 0 Å². The summed E-state index contributed by atoms with van der Waals surface area (Å²) >= 11 is 2.02. The van der Waals surface area contributed by atoms with E-state index in [1.54, 1.807) is 0 Å². The van der Waals surface area contributed by atoms with Crippen molar-refractivity contribution in [3.05, 3.63) is 34.9 Å². The minimum absolute atomic E-state index is 0.400. The van der Waals surface area contributed by atoms with Crippen molar-refractivity contribution in [1.82, 2.24) is 0 Å². The molecule has 0 spiro atoms. The minimum Gasteiger partial charge on any atom is -0.328 e. The number of rotatable bonds is 7. The second-order valence-corrected chi connectivity index (χ2v) is 5.96. The number of thioether (sulfide) groups is 1. The largest absolute Gasteiger partial charge is 0.328 e. The summed E-state index contributed by atoms with van der Waals surface area (Å²) in [7, 11) is 0. The molecular formula is C15H25NS. The second-order valence-electron chi connectivity index (χ2n) is 4.86. The van der Waals surface area contributed by atoms with Crippen LogP contribution in [-0.2, 0) is 5.75 Å². The predicted octanol–water partition coefficient (Wildman–Crippen LogP) is 4.05. The number of hydrogen-bond acceptors (Lipinski definition) is 2. The van der Waals surface area contributed by atoms with Crippen LogP contribution in [0, 0.1) is 13.8 Å². The molecule has 1 atom stereocenters. The molecule has 0 aliphatic rings. The van der Waals surface area contributed by atoms with Crippen molar-refractivity contribution in [3.63, 3.8) is 0 Å². The SMILES string of the molecule is CCC(N)CCCSCc1cc(C)cc(C)c1. The Hall–Kier alpha value is -0.470. The summed E-state index contributed by atoms with van der Waals surface area (Å²) in [5.74, 6) is 2.35. The molecule has 0 aromatic heterocycles. The molecule has 17 heavy (non-hydrogen) atoms. The Kier molecular flexibility index (Phi) is 6.68. The normalized spacial score (nSPS) is 12.7. The molecule has 1 aromatic rings. The van der Waals surface area contributed by atoms with Gasteiger partial charge in [0, 0.05) is 11.8 Å². The highest BCUT2D eigenvalue weighted by Gasteiger charge is 2.00. The smallest absolute Gasteiger partial charge is 0.0184 e. The zero-order valence-electron chi connectivity index (χ0n) is 11.3. The van der Waals surface area contributed by atoms with Crippen LogP contribution in [0.25, 0.3) is 0 Å². The van der Waals surface area contributed by atoms with Crippen LogP contribution in [0.5, 0.6) is 0 Å². The average Bonchev–Trinajstić information content (AvgIpc) is 2.27. The van der Waals surface area contributed by atoms with Gasteiger partial charge >= 0.3 is 0 Å². The molecule has 1 unspecified atom stereocenters. The summed E-state index contributed by atoms with van der Waals surface area (Å²) < 4.78 is 0. The van der Waals surface area contributed by atoms with Gasteiger partial charge in [0.05, 0.1) is 0 Å². The van der Waals surface area contributed by atoms with E-state index in [4.69, 9.17) is 5.73 Å². The zero-order valence-corrected chi connectivity index (χ0v) is 12.1. The lowest BCUT2D eigenvalue weighted by Gasteiger charge is -2.08. The van der Waals surface area contributed by atoms with Gasteiger partial charge in [0.15, 0.2) is 0 Å². The highest BCUT2D eigenvalue weighted by Crippen LogP contribution is 2.17. The van der Waals surface area contributed by atoms with Crippen LogP contribution in [-0.4, -0.2) is 11.8 Å². The number of nitrogens with two attached hydrogens (primary N) is 1. The van der Waals surface area contributed by atoms with E-state index in [1.165, 1.54) is 28.9 Å². The fraction of sp³-hybridized carbons (Fsp3) is 0.600. The molecule has 1 nitrogen and oxygen atoms in total. The van der Waals surface area contributed by atoms with Gasteiger partial charge < -0.3 is 5.73 Å². The number of aryl methyl sites for hydroxylation is 2. The van der Waals surface area contributed by atoms with Crippen molar-refractivity contribution in [2.24, 2.45) is 5.73 Å². The second kappa shape index (κ2) is 7.78. The maximum Gasteiger partial charge on any atom is 0.0184 e. The van der Waals surface area contributed by atoms with Gasteiger partial charge in [0.1, 0.15) is 0 Å². The Balaban J connectivity index is 2.22. The lowest BCUT2D eigenvalue weighted by Crippen LogP contribution is -2.18. The van der Waals surface area contributed by atoms with Gasteiger partial charge in [-0.25, -0.2) is 0 Å². The van der Waals surface area contributed by atoms with Gasteiger partial charge in [-0.2, -0.15) is 11.8 Å². The van der Waals surface area contributed by atoms with Gasteiger partial charge in [-0.1, -0.05) is 36.2 Å². The van der Waals surface area contributed by atoms with Crippen molar-refractivity contribution in [3.8, 4) is 0 Å². The van der Waals surface area contributed by atoms with Crippen LogP contribution in [0.15, 0.2) is 18.2 Å². The van der Waals surface area contributed by atoms with E-state index < -0.39 is 0 Å². The molecule has 0 amide bonds. The molecule has 96 valence electrons. The maximum atomic E-state index is 5.90. The summed E-state index contributed by atoms with van der Waals surface area (Å²) in [6.45, 7) is 6.50. The molecule has 2 heteroatoms. The third-order valence-electron chi connectivity index (χ3n) is 2.94. The molecule has 0 fully saturated rings. The summed E-state index contributed by atoms with van der Waals surface area (Å²) in [6.07, 6.45) is 3.50. The fourth-order valence-electron chi connectivity index (χ4n) is 1.99. The highest BCUT2D eigenvalue weighted by atomic mass is 32.2. The summed E-state index contributed by atoms with van der Waals surface area (Å²) in [4.78, 5) is 0. The van der Waals surface area contributed by atoms with Crippen molar-refractivity contribution in [2.75, 3.05) is 5.75 Å². The molecule has 0 bridgehead atoms. The minimum atomic E-state index is 0.400. The standard InChI is InChI=1S/C15H25NS/c1-4-15(16)6-5-7-17-11-14-9-12(2)8-13(3)10-14/h8-10,15H,4-7,11,16H2,1-3H3. The molecule has 0 saturated heterocycles. The summed E-state index contributed by atoms with van der Waals surface area (Å²) in [6, 6.07) is 7.21. The van der Waals surface area contributed by atoms with Crippen LogP contribution in [0.2, 0.25) is 0 Å². The molecule has 0 heterocycles. The van der Waals surface area contributed by atoms with Crippen molar-refractivity contribution < 1.29 is 0 Å². The first-order valence-electron chi connectivity index (χ1n) is 6.52. The Labute approximate surface area is 110 Å². The molecule has 0 aliphatic heterocycles. The van der Waals surface area contributed by atoms with Crippen LogP contribution in [0.3, 0.4) is 0 Å². The monoisotopic (exact) mass is 251 g/mol. The van der Waals surface area contributed by atoms with Crippen LogP contribution in [0.4, 0.5) is 0 Å². The third kappa shape index (κ3) is 6.13. The maximum absolute atomic E-state index is 5.90. The molecule has 1 aromatic carbocycles. The summed E-state index contributed by atoms with van der Waals surface area (Å²) in [5.41, 5.74) is 10.1. The molecular weight excluding hydrogens is 226 g/mol. The Bertz CT molecular complexity index is 315. The van der Waals surface area contributed by atoms with Crippen LogP contribution in [0.1, 0.15) is 42.9 Å². The first kappa shape index (κ1) is 14.6. The lowest BCUT2D eigenvalue weighted by atomic mass is 10.1. The van der Waals surface area contributed by atoms with E-state index >= 15 is 0 Å². The number of hydrogen-bond donors (Lipinski definition) is 1. The van der Waals surface area contributed by atoms with Gasteiger partial charge in [-0.3, -0.25) is 0 Å². The first-order valence-corrected chi connectivity index (χ1v) is 7.67. The van der Waals surface area contributed by atoms with E-state index in [2.05, 4.69) is 39.0 Å². The molecule has 0 aliphatic carbocycles. The van der Waals surface area contributed by atoms with Gasteiger partial charge in [-0.05, 0) is 44.4 Å². The quantitative estimate of drug-likeness (QED) is 0.740. The first-order chi connectivity index (χ1) is 8.11. The van der Waals surface area contributed by atoms with E-state index in [0.717, 1.165) is 18.6 Å². The average molecular weight is 251 g/mol. The zero-order chi connectivity index (χ0) is 12.7. The summed E-state index contributed by atoms with van der Waals surface area (Å²) in [5, 5.41) is 0. The Morgan fingerprint density at radius 3 is 2.41 bits per heavy atom. The van der Waals surface area contributed by atoms with Crippen molar-refractivity contribution in [2.45, 2.75) is 51.8 Å². The molecule has 0 radical (unpaired) electrons. The Morgan fingerprint density at radius 1 is 1.18 bits per heavy atom. The van der Waals surface area contributed by atoms with Gasteiger partial charge in [0.2, 0.25) is 0 Å². The molecule has 2 N–H and O–H groups in total. The van der Waals surface area contributed by atoms with Gasteiger partial charge in [-0.15, -0.1) is 0 Å².